The van der Waals surface area contributed by atoms with Crippen molar-refractivity contribution in [1.29, 1.82) is 0 Å². The zero-order chi connectivity index (χ0) is 24.4. The molecule has 0 spiro atoms. The minimum Gasteiger partial charge on any atom is -0.299 e. The Balaban J connectivity index is 1.68. The average molecular weight is 453 g/mol. The van der Waals surface area contributed by atoms with Crippen molar-refractivity contribution in [3.63, 3.8) is 0 Å². The van der Waals surface area contributed by atoms with Gasteiger partial charge in [0, 0.05) is 29.2 Å². The summed E-state index contributed by atoms with van der Waals surface area (Å²) in [5, 5.41) is 0. The highest BCUT2D eigenvalue weighted by molar-refractivity contribution is 6.00. The molecule has 0 saturated heterocycles. The van der Waals surface area contributed by atoms with Crippen LogP contribution in [0.1, 0.15) is 106 Å². The molecule has 2 fully saturated rings. The summed E-state index contributed by atoms with van der Waals surface area (Å²) in [5.74, 6) is 1.98. The first-order chi connectivity index (χ1) is 15.3. The lowest BCUT2D eigenvalue weighted by Crippen LogP contribution is -2.56. The van der Waals surface area contributed by atoms with Gasteiger partial charge in [0.2, 0.25) is 0 Å². The molecule has 0 aromatic heterocycles. The van der Waals surface area contributed by atoms with Crippen molar-refractivity contribution in [3.05, 3.63) is 22.8 Å². The highest BCUT2D eigenvalue weighted by atomic mass is 16.1. The van der Waals surface area contributed by atoms with Gasteiger partial charge in [-0.05, 0) is 86.0 Å². The van der Waals surface area contributed by atoms with Crippen LogP contribution in [0.3, 0.4) is 0 Å². The molecule has 3 heteroatoms. The van der Waals surface area contributed by atoms with Crippen LogP contribution in [0, 0.1) is 39.4 Å². The van der Waals surface area contributed by atoms with Crippen LogP contribution in [0.25, 0.3) is 0 Å². The molecular weight excluding hydrogens is 408 g/mol. The minimum absolute atomic E-state index is 0.0220. The van der Waals surface area contributed by atoms with Gasteiger partial charge in [-0.3, -0.25) is 14.4 Å². The second kappa shape index (κ2) is 8.02. The molecular formula is C30H44O3. The summed E-state index contributed by atoms with van der Waals surface area (Å²) in [7, 11) is 0. The largest absolute Gasteiger partial charge is 0.299 e. The standard InChI is InChI=1S/C30H44O3/c1-19(18-31)9-8-10-20(2)21-11-16-30(7)26-22(12-15-29(21,30)6)28(5)14-13-25(33)27(3,4)24(28)17-23(26)32/h9,18,20-21,24H,8,10-17H2,1-7H3/t20-,21?,24+,28-,29-,30+/m1/s1. The zero-order valence-corrected chi connectivity index (χ0v) is 22.0. The molecule has 1 unspecified atom stereocenters. The second-order valence-corrected chi connectivity index (χ2v) is 13.1. The van der Waals surface area contributed by atoms with Gasteiger partial charge < -0.3 is 0 Å². The Morgan fingerprint density at radius 1 is 1.06 bits per heavy atom. The smallest absolute Gasteiger partial charge is 0.159 e. The molecule has 3 nitrogen and oxygen atoms in total. The van der Waals surface area contributed by atoms with Crippen molar-refractivity contribution in [2.75, 3.05) is 0 Å². The molecule has 0 heterocycles. The molecule has 4 rings (SSSR count). The number of ketones is 2. The Kier molecular flexibility index (Phi) is 5.98. The fourth-order valence-electron chi connectivity index (χ4n) is 8.94. The molecule has 182 valence electrons. The third-order valence-electron chi connectivity index (χ3n) is 11.3. The lowest BCUT2D eigenvalue weighted by Gasteiger charge is -2.60. The highest BCUT2D eigenvalue weighted by Gasteiger charge is 2.65. The lowest BCUT2D eigenvalue weighted by atomic mass is 9.43. The molecule has 2 saturated carbocycles. The topological polar surface area (TPSA) is 51.2 Å². The third-order valence-corrected chi connectivity index (χ3v) is 11.3. The first kappa shape index (κ1) is 24.6. The van der Waals surface area contributed by atoms with Crippen LogP contribution in [-0.2, 0) is 14.4 Å². The summed E-state index contributed by atoms with van der Waals surface area (Å²) < 4.78 is 0. The van der Waals surface area contributed by atoms with Gasteiger partial charge >= 0.3 is 0 Å². The third kappa shape index (κ3) is 3.39. The maximum atomic E-state index is 13.9. The summed E-state index contributed by atoms with van der Waals surface area (Å²) in [6.07, 6.45) is 11.6. The van der Waals surface area contributed by atoms with Gasteiger partial charge in [0.1, 0.15) is 12.1 Å². The van der Waals surface area contributed by atoms with E-state index >= 15 is 0 Å². The molecule has 0 radical (unpaired) electrons. The number of carbonyl (C=O) groups is 3. The van der Waals surface area contributed by atoms with Gasteiger partial charge in [0.25, 0.3) is 0 Å². The number of fused-ring (bicyclic) bond motifs is 4. The number of Topliss-reactive ketones (excluding diaryl/α,β-unsaturated/α-hetero) is 2. The Morgan fingerprint density at radius 3 is 2.42 bits per heavy atom. The molecule has 6 atom stereocenters. The number of allylic oxidation sites excluding steroid dienone is 4. The molecule has 0 bridgehead atoms. The van der Waals surface area contributed by atoms with Crippen molar-refractivity contribution in [2.24, 2.45) is 39.4 Å². The van der Waals surface area contributed by atoms with E-state index in [1.165, 1.54) is 17.6 Å². The molecule has 33 heavy (non-hydrogen) atoms. The van der Waals surface area contributed by atoms with Crippen molar-refractivity contribution < 1.29 is 14.4 Å². The van der Waals surface area contributed by atoms with E-state index < -0.39 is 5.41 Å². The first-order valence-corrected chi connectivity index (χ1v) is 13.3. The Bertz CT molecular complexity index is 936. The summed E-state index contributed by atoms with van der Waals surface area (Å²) >= 11 is 0. The van der Waals surface area contributed by atoms with E-state index in [4.69, 9.17) is 0 Å². The number of hydrogen-bond donors (Lipinski definition) is 0. The van der Waals surface area contributed by atoms with E-state index in [2.05, 4.69) is 47.6 Å². The molecule has 0 aliphatic heterocycles. The van der Waals surface area contributed by atoms with Crippen LogP contribution in [-0.4, -0.2) is 17.9 Å². The summed E-state index contributed by atoms with van der Waals surface area (Å²) in [6, 6.07) is 0. The van der Waals surface area contributed by atoms with Crippen LogP contribution in [0.4, 0.5) is 0 Å². The SMILES string of the molecule is CC(C=O)=CCC[C@@H](C)C1CC[C@@]2(C)C3=C(CC[C@]12C)[C@@]1(C)CCC(=O)C(C)(C)[C@@H]1CC3=O. The predicted octanol–water partition coefficient (Wildman–Crippen LogP) is 7.05. The lowest BCUT2D eigenvalue weighted by molar-refractivity contribution is -0.142. The van der Waals surface area contributed by atoms with Gasteiger partial charge in [-0.2, -0.15) is 0 Å². The van der Waals surface area contributed by atoms with Crippen LogP contribution in [0.2, 0.25) is 0 Å². The van der Waals surface area contributed by atoms with Crippen molar-refractivity contribution in [2.45, 2.75) is 106 Å². The van der Waals surface area contributed by atoms with E-state index in [-0.39, 0.29) is 22.2 Å². The van der Waals surface area contributed by atoms with Crippen LogP contribution in [0.15, 0.2) is 22.8 Å². The molecule has 0 amide bonds. The predicted molar refractivity (Wildman–Crippen MR) is 133 cm³/mol. The van der Waals surface area contributed by atoms with Crippen molar-refractivity contribution >= 4 is 17.9 Å². The van der Waals surface area contributed by atoms with Crippen LogP contribution >= 0.6 is 0 Å². The van der Waals surface area contributed by atoms with Crippen molar-refractivity contribution in [3.8, 4) is 0 Å². The van der Waals surface area contributed by atoms with Gasteiger partial charge in [0.15, 0.2) is 5.78 Å². The molecule has 4 aliphatic carbocycles. The summed E-state index contributed by atoms with van der Waals surface area (Å²) in [5.41, 5.74) is 3.04. The number of hydrogen-bond acceptors (Lipinski definition) is 3. The Labute approximate surface area is 200 Å². The molecule has 0 aromatic carbocycles. The van der Waals surface area contributed by atoms with E-state index in [0.717, 1.165) is 50.4 Å². The quantitative estimate of drug-likeness (QED) is 0.332. The zero-order valence-electron chi connectivity index (χ0n) is 22.0. The fraction of sp³-hybridized carbons (Fsp3) is 0.767. The fourth-order valence-corrected chi connectivity index (χ4v) is 8.94. The second-order valence-electron chi connectivity index (χ2n) is 13.1. The Morgan fingerprint density at radius 2 is 1.76 bits per heavy atom. The maximum Gasteiger partial charge on any atom is 0.159 e. The van der Waals surface area contributed by atoms with Gasteiger partial charge in [-0.25, -0.2) is 0 Å². The van der Waals surface area contributed by atoms with Crippen LogP contribution < -0.4 is 0 Å². The summed E-state index contributed by atoms with van der Waals surface area (Å²) in [6.45, 7) is 15.7. The summed E-state index contributed by atoms with van der Waals surface area (Å²) in [4.78, 5) is 37.6. The first-order valence-electron chi connectivity index (χ1n) is 13.3. The van der Waals surface area contributed by atoms with Gasteiger partial charge in [-0.15, -0.1) is 0 Å². The minimum atomic E-state index is -0.414. The Hall–Kier alpha value is -1.51. The van der Waals surface area contributed by atoms with Crippen LogP contribution in [0.5, 0.6) is 0 Å². The van der Waals surface area contributed by atoms with Gasteiger partial charge in [-0.1, -0.05) is 53.2 Å². The molecule has 4 aliphatic rings. The normalized spacial score (nSPS) is 41.4. The molecule has 0 N–H and O–H groups in total. The van der Waals surface area contributed by atoms with E-state index in [9.17, 15) is 14.4 Å². The van der Waals surface area contributed by atoms with E-state index in [0.29, 0.717) is 36.2 Å². The number of aldehydes is 1. The number of carbonyl (C=O) groups excluding carboxylic acids is 3. The van der Waals surface area contributed by atoms with E-state index in [1.807, 2.05) is 6.92 Å². The maximum absolute atomic E-state index is 13.9. The molecule has 0 aromatic rings. The monoisotopic (exact) mass is 452 g/mol. The highest BCUT2D eigenvalue weighted by Crippen LogP contribution is 2.71. The average Bonchev–Trinajstić information content (AvgIpc) is 3.04. The van der Waals surface area contributed by atoms with Gasteiger partial charge in [0.05, 0.1) is 0 Å². The van der Waals surface area contributed by atoms with E-state index in [1.54, 1.807) is 0 Å². The van der Waals surface area contributed by atoms with Crippen molar-refractivity contribution in [1.82, 2.24) is 0 Å². The number of rotatable bonds is 5.